The molecule has 0 atom stereocenters. The smallest absolute Gasteiger partial charge is 0.303 e. The first-order valence-corrected chi connectivity index (χ1v) is 6.36. The van der Waals surface area contributed by atoms with Crippen molar-refractivity contribution in [2.24, 2.45) is 0 Å². The highest BCUT2D eigenvalue weighted by molar-refractivity contribution is 8.00. The molecule has 1 aromatic rings. The first kappa shape index (κ1) is 12.6. The van der Waals surface area contributed by atoms with Gasteiger partial charge in [0.05, 0.1) is 17.9 Å². The van der Waals surface area contributed by atoms with Crippen molar-refractivity contribution in [3.63, 3.8) is 0 Å². The number of Topliss-reactive ketones (excluding diaryl/α,β-unsaturated/α-hetero) is 1. The van der Waals surface area contributed by atoms with Gasteiger partial charge in [0.25, 0.3) is 0 Å². The van der Waals surface area contributed by atoms with E-state index < -0.39 is 5.97 Å². The molecule has 0 aliphatic carbocycles. The monoisotopic (exact) mass is 265 g/mol. The molecule has 0 saturated heterocycles. The van der Waals surface area contributed by atoms with Gasteiger partial charge in [0.2, 0.25) is 5.91 Å². The third-order valence-corrected chi connectivity index (χ3v) is 3.57. The van der Waals surface area contributed by atoms with Gasteiger partial charge < -0.3 is 10.4 Å². The maximum Gasteiger partial charge on any atom is 0.303 e. The number of ketones is 1. The van der Waals surface area contributed by atoms with Gasteiger partial charge in [-0.1, -0.05) is 6.07 Å². The van der Waals surface area contributed by atoms with Gasteiger partial charge in [-0.15, -0.1) is 11.8 Å². The molecule has 0 aromatic heterocycles. The van der Waals surface area contributed by atoms with Crippen LogP contribution in [0.25, 0.3) is 0 Å². The third-order valence-electron chi connectivity index (χ3n) is 2.50. The van der Waals surface area contributed by atoms with Crippen LogP contribution in [0.3, 0.4) is 0 Å². The van der Waals surface area contributed by atoms with Crippen LogP contribution in [0.15, 0.2) is 23.1 Å². The molecule has 94 valence electrons. The summed E-state index contributed by atoms with van der Waals surface area (Å²) in [5.74, 6) is -0.947. The van der Waals surface area contributed by atoms with Crippen molar-refractivity contribution >= 4 is 35.1 Å². The zero-order valence-corrected chi connectivity index (χ0v) is 10.3. The maximum atomic E-state index is 11.7. The largest absolute Gasteiger partial charge is 0.481 e. The predicted molar refractivity (Wildman–Crippen MR) is 67.0 cm³/mol. The SMILES string of the molecule is O=C(O)CCC(=O)c1ccc2c(c1)NC(=O)CS2. The van der Waals surface area contributed by atoms with Crippen LogP contribution >= 0.6 is 11.8 Å². The number of amides is 1. The van der Waals surface area contributed by atoms with Gasteiger partial charge >= 0.3 is 5.97 Å². The Bertz CT molecular complexity index is 527. The van der Waals surface area contributed by atoms with E-state index in [4.69, 9.17) is 5.11 Å². The third kappa shape index (κ3) is 2.89. The molecular weight excluding hydrogens is 254 g/mol. The fourth-order valence-electron chi connectivity index (χ4n) is 1.62. The minimum atomic E-state index is -0.995. The second kappa shape index (κ2) is 5.22. The number of aliphatic carboxylic acids is 1. The lowest BCUT2D eigenvalue weighted by Crippen LogP contribution is -2.19. The lowest BCUT2D eigenvalue weighted by atomic mass is 10.1. The van der Waals surface area contributed by atoms with Crippen molar-refractivity contribution in [1.82, 2.24) is 0 Å². The Morgan fingerprint density at radius 1 is 1.33 bits per heavy atom. The number of anilines is 1. The van der Waals surface area contributed by atoms with Crippen LogP contribution in [0.2, 0.25) is 0 Å². The highest BCUT2D eigenvalue weighted by Crippen LogP contribution is 2.32. The average Bonchev–Trinajstić information content (AvgIpc) is 2.34. The molecule has 0 radical (unpaired) electrons. The molecule has 2 N–H and O–H groups in total. The molecule has 0 bridgehead atoms. The van der Waals surface area contributed by atoms with Crippen molar-refractivity contribution in [3.05, 3.63) is 23.8 Å². The van der Waals surface area contributed by atoms with Gasteiger partial charge in [-0.25, -0.2) is 0 Å². The summed E-state index contributed by atoms with van der Waals surface area (Å²) in [6.45, 7) is 0. The number of benzene rings is 1. The average molecular weight is 265 g/mol. The Morgan fingerprint density at radius 2 is 2.11 bits per heavy atom. The van der Waals surface area contributed by atoms with E-state index >= 15 is 0 Å². The first-order valence-electron chi connectivity index (χ1n) is 5.38. The molecule has 0 unspecified atom stereocenters. The van der Waals surface area contributed by atoms with Crippen molar-refractivity contribution < 1.29 is 19.5 Å². The maximum absolute atomic E-state index is 11.7. The number of nitrogens with one attached hydrogen (secondary N) is 1. The van der Waals surface area contributed by atoms with E-state index in [9.17, 15) is 14.4 Å². The highest BCUT2D eigenvalue weighted by atomic mass is 32.2. The van der Waals surface area contributed by atoms with E-state index in [1.807, 2.05) is 0 Å². The van der Waals surface area contributed by atoms with Crippen molar-refractivity contribution in [2.45, 2.75) is 17.7 Å². The molecule has 0 spiro atoms. The summed E-state index contributed by atoms with van der Waals surface area (Å²) in [6, 6.07) is 5.03. The number of hydrogen-bond acceptors (Lipinski definition) is 4. The van der Waals surface area contributed by atoms with Crippen molar-refractivity contribution in [3.8, 4) is 0 Å². The normalized spacial score (nSPS) is 13.7. The second-order valence-corrected chi connectivity index (χ2v) is 4.88. The van der Waals surface area contributed by atoms with Crippen molar-refractivity contribution in [2.75, 3.05) is 11.1 Å². The molecule has 6 heteroatoms. The summed E-state index contributed by atoms with van der Waals surface area (Å²) in [6.07, 6.45) is -0.216. The molecule has 1 aliphatic heterocycles. The lowest BCUT2D eigenvalue weighted by molar-refractivity contribution is -0.137. The van der Waals surface area contributed by atoms with Gasteiger partial charge in [-0.3, -0.25) is 14.4 Å². The van der Waals surface area contributed by atoms with Gasteiger partial charge in [0, 0.05) is 16.9 Å². The summed E-state index contributed by atoms with van der Waals surface area (Å²) >= 11 is 1.42. The number of carbonyl (C=O) groups is 3. The van der Waals surface area contributed by atoms with E-state index in [1.165, 1.54) is 11.8 Å². The van der Waals surface area contributed by atoms with E-state index in [0.717, 1.165) is 4.90 Å². The fourth-order valence-corrected chi connectivity index (χ4v) is 2.41. The molecule has 5 nitrogen and oxygen atoms in total. The molecular formula is C12H11NO4S. The Morgan fingerprint density at radius 3 is 2.83 bits per heavy atom. The Labute approximate surface area is 108 Å². The zero-order chi connectivity index (χ0) is 13.1. The van der Waals surface area contributed by atoms with Crippen LogP contribution in [0.4, 0.5) is 5.69 Å². The number of rotatable bonds is 4. The van der Waals surface area contributed by atoms with Crippen LogP contribution < -0.4 is 5.32 Å². The standard InChI is InChI=1S/C12H11NO4S/c14-9(2-4-12(16)17)7-1-3-10-8(5-7)13-11(15)6-18-10/h1,3,5H,2,4,6H2,(H,13,15)(H,16,17). The number of fused-ring (bicyclic) bond motifs is 1. The Hall–Kier alpha value is -1.82. The summed E-state index contributed by atoms with van der Waals surface area (Å²) in [4.78, 5) is 34.3. The van der Waals surface area contributed by atoms with Crippen molar-refractivity contribution in [1.29, 1.82) is 0 Å². The van der Waals surface area contributed by atoms with E-state index in [-0.39, 0.29) is 24.5 Å². The molecule has 1 aliphatic rings. The number of carbonyl (C=O) groups excluding carboxylic acids is 2. The minimum Gasteiger partial charge on any atom is -0.481 e. The second-order valence-electron chi connectivity index (χ2n) is 3.86. The Balaban J connectivity index is 2.15. The highest BCUT2D eigenvalue weighted by Gasteiger charge is 2.17. The van der Waals surface area contributed by atoms with Gasteiger partial charge in [0.1, 0.15) is 0 Å². The van der Waals surface area contributed by atoms with E-state index in [0.29, 0.717) is 17.0 Å². The molecule has 18 heavy (non-hydrogen) atoms. The van der Waals surface area contributed by atoms with Gasteiger partial charge in [0.15, 0.2) is 5.78 Å². The van der Waals surface area contributed by atoms with Crippen LogP contribution in [-0.4, -0.2) is 28.5 Å². The van der Waals surface area contributed by atoms with Crippen LogP contribution in [0.5, 0.6) is 0 Å². The molecule has 0 fully saturated rings. The first-order chi connectivity index (χ1) is 8.56. The lowest BCUT2D eigenvalue weighted by Gasteiger charge is -2.16. The molecule has 0 saturated carbocycles. The summed E-state index contributed by atoms with van der Waals surface area (Å²) in [5.41, 5.74) is 1.05. The fraction of sp³-hybridized carbons (Fsp3) is 0.250. The number of hydrogen-bond donors (Lipinski definition) is 2. The molecule has 2 rings (SSSR count). The zero-order valence-electron chi connectivity index (χ0n) is 9.43. The van der Waals surface area contributed by atoms with Gasteiger partial charge in [-0.2, -0.15) is 0 Å². The van der Waals surface area contributed by atoms with E-state index in [2.05, 4.69) is 5.32 Å². The number of thioether (sulfide) groups is 1. The van der Waals surface area contributed by atoms with E-state index in [1.54, 1.807) is 18.2 Å². The van der Waals surface area contributed by atoms with Crippen LogP contribution in [0.1, 0.15) is 23.2 Å². The van der Waals surface area contributed by atoms with Gasteiger partial charge in [-0.05, 0) is 12.1 Å². The predicted octanol–water partition coefficient (Wildman–Crippen LogP) is 1.78. The van der Waals surface area contributed by atoms with Crippen LogP contribution in [-0.2, 0) is 9.59 Å². The number of carboxylic acids is 1. The number of carboxylic acid groups (broad SMARTS) is 1. The topological polar surface area (TPSA) is 83.5 Å². The van der Waals surface area contributed by atoms with Crippen LogP contribution in [0, 0.1) is 0 Å². The Kier molecular flexibility index (Phi) is 3.66. The summed E-state index contributed by atoms with van der Waals surface area (Å²) in [5, 5.41) is 11.2. The summed E-state index contributed by atoms with van der Waals surface area (Å²) < 4.78 is 0. The quantitative estimate of drug-likeness (QED) is 0.811. The summed E-state index contributed by atoms with van der Waals surface area (Å²) in [7, 11) is 0. The molecule has 1 amide bonds. The molecule has 1 heterocycles. The minimum absolute atomic E-state index is 0.0325. The molecule has 1 aromatic carbocycles.